The van der Waals surface area contributed by atoms with Gasteiger partial charge in [0.05, 0.1) is 0 Å². The van der Waals surface area contributed by atoms with Crippen molar-refractivity contribution >= 4 is 23.6 Å². The Hall–Kier alpha value is -1.72. The molecule has 0 radical (unpaired) electrons. The van der Waals surface area contributed by atoms with Crippen molar-refractivity contribution in [2.24, 2.45) is 5.92 Å². The Morgan fingerprint density at radius 1 is 0.536 bits per heavy atom. The van der Waals surface area contributed by atoms with Gasteiger partial charge in [-0.2, -0.15) is 0 Å². The second-order valence-electron chi connectivity index (χ2n) is 7.55. The third kappa shape index (κ3) is 14.4. The molecule has 0 N–H and O–H groups in total. The molecule has 1 aliphatic carbocycles. The molecule has 0 aromatic rings. The van der Waals surface area contributed by atoms with Gasteiger partial charge in [0.1, 0.15) is 0 Å². The van der Waals surface area contributed by atoms with Gasteiger partial charge in [-0.15, -0.1) is 0 Å². The van der Waals surface area contributed by atoms with Crippen LogP contribution in [0.15, 0.2) is 0 Å². The Kier molecular flexibility index (Phi) is 19.2. The van der Waals surface area contributed by atoms with Gasteiger partial charge in [0.15, 0.2) is 0 Å². The number of likely N-dealkylation sites (tertiary alicyclic amines) is 2. The monoisotopic (exact) mass is 400 g/mol. The largest absolute Gasteiger partial charge is 0.286 e. The molecule has 0 spiro atoms. The number of imide groups is 2. The summed E-state index contributed by atoms with van der Waals surface area (Å²) < 4.78 is 0. The Balaban J connectivity index is -0.000000299. The van der Waals surface area contributed by atoms with Crippen LogP contribution in [0.1, 0.15) is 99.8 Å². The van der Waals surface area contributed by atoms with Crippen LogP contribution in [0.25, 0.3) is 0 Å². The van der Waals surface area contributed by atoms with Crippen molar-refractivity contribution in [1.82, 2.24) is 9.80 Å². The predicted molar refractivity (Wildman–Crippen MR) is 116 cm³/mol. The lowest BCUT2D eigenvalue weighted by Crippen LogP contribution is -2.23. The van der Waals surface area contributed by atoms with Gasteiger partial charge >= 0.3 is 0 Å². The standard InChI is InChI=1S/C6H12.2C5H7NO2.C4H10.2CH4/c1-2-4-6-5-3-1;2*1-6-4(7)2-3-5(6)8;1-4(2)3;;/h1-6H2;2*2-3H2,1H3;4H,1-3H3;2*1H4. The van der Waals surface area contributed by atoms with Gasteiger partial charge in [-0.05, 0) is 5.92 Å². The highest BCUT2D eigenvalue weighted by atomic mass is 16.2. The first-order chi connectivity index (χ1) is 12.2. The number of carbonyl (C=O) groups excluding carboxylic acids is 4. The maximum atomic E-state index is 10.5. The summed E-state index contributed by atoms with van der Waals surface area (Å²) in [5.41, 5.74) is 0. The number of rotatable bonds is 0. The van der Waals surface area contributed by atoms with Crippen molar-refractivity contribution in [3.8, 4) is 0 Å². The van der Waals surface area contributed by atoms with E-state index in [1.165, 1.54) is 62.4 Å². The van der Waals surface area contributed by atoms with Crippen molar-refractivity contribution in [2.45, 2.75) is 99.8 Å². The van der Waals surface area contributed by atoms with Gasteiger partial charge < -0.3 is 0 Å². The van der Waals surface area contributed by atoms with Crippen LogP contribution in [0.4, 0.5) is 0 Å². The van der Waals surface area contributed by atoms with Gasteiger partial charge in [0.25, 0.3) is 0 Å². The van der Waals surface area contributed by atoms with Gasteiger partial charge in [0.2, 0.25) is 23.6 Å². The van der Waals surface area contributed by atoms with E-state index in [4.69, 9.17) is 0 Å². The molecule has 28 heavy (non-hydrogen) atoms. The summed E-state index contributed by atoms with van der Waals surface area (Å²) in [6.45, 7) is 6.50. The Morgan fingerprint density at radius 3 is 0.750 bits per heavy atom. The summed E-state index contributed by atoms with van der Waals surface area (Å²) in [4.78, 5) is 44.3. The molecule has 6 nitrogen and oxygen atoms in total. The molecule has 0 unspecified atom stereocenters. The van der Waals surface area contributed by atoms with Crippen molar-refractivity contribution in [3.05, 3.63) is 0 Å². The number of hydrogen-bond donors (Lipinski definition) is 0. The van der Waals surface area contributed by atoms with Crippen molar-refractivity contribution in [1.29, 1.82) is 0 Å². The minimum absolute atomic E-state index is 0. The van der Waals surface area contributed by atoms with Gasteiger partial charge in [-0.25, -0.2) is 0 Å². The minimum atomic E-state index is -0.0602. The fourth-order valence-corrected chi connectivity index (χ4v) is 2.44. The van der Waals surface area contributed by atoms with Crippen LogP contribution in [-0.2, 0) is 19.2 Å². The zero-order valence-electron chi connectivity index (χ0n) is 17.2. The first-order valence-electron chi connectivity index (χ1n) is 9.75. The van der Waals surface area contributed by atoms with Gasteiger partial charge in [-0.1, -0.05) is 74.1 Å². The molecule has 0 aromatic carbocycles. The third-order valence-corrected chi connectivity index (χ3v) is 4.10. The number of nitrogens with zero attached hydrogens (tertiary/aromatic N) is 2. The van der Waals surface area contributed by atoms with E-state index in [-0.39, 0.29) is 38.5 Å². The molecule has 0 bridgehead atoms. The van der Waals surface area contributed by atoms with Crippen molar-refractivity contribution < 1.29 is 19.2 Å². The normalized spacial score (nSPS) is 18.1. The fraction of sp³-hybridized carbons (Fsp3) is 0.818. The molecule has 0 atom stereocenters. The summed E-state index contributed by atoms with van der Waals surface area (Å²) >= 11 is 0. The molecular formula is C22H44N2O4. The molecule has 166 valence electrons. The fourth-order valence-electron chi connectivity index (χ4n) is 2.44. The van der Waals surface area contributed by atoms with Crippen molar-refractivity contribution in [3.63, 3.8) is 0 Å². The molecule has 3 fully saturated rings. The van der Waals surface area contributed by atoms with E-state index in [0.717, 1.165) is 5.92 Å². The average molecular weight is 401 g/mol. The molecule has 2 saturated heterocycles. The third-order valence-electron chi connectivity index (χ3n) is 4.10. The highest BCUT2D eigenvalue weighted by Gasteiger charge is 2.24. The Labute approximate surface area is 173 Å². The van der Waals surface area contributed by atoms with E-state index in [9.17, 15) is 19.2 Å². The molecule has 1 saturated carbocycles. The van der Waals surface area contributed by atoms with E-state index in [1.807, 2.05) is 0 Å². The van der Waals surface area contributed by atoms with E-state index < -0.39 is 0 Å². The van der Waals surface area contributed by atoms with Crippen LogP contribution in [0.3, 0.4) is 0 Å². The molecule has 6 heteroatoms. The number of hydrogen-bond acceptors (Lipinski definition) is 4. The van der Waals surface area contributed by atoms with Crippen LogP contribution in [0, 0.1) is 5.92 Å². The smallest absolute Gasteiger partial charge is 0.229 e. The topological polar surface area (TPSA) is 74.8 Å². The SMILES string of the molecule is C.C.C1CCCCC1.CC(C)C.CN1C(=O)CCC1=O.CN1C(=O)CCC1=O. The summed E-state index contributed by atoms with van der Waals surface area (Å²) in [5.74, 6) is 0.593. The summed E-state index contributed by atoms with van der Waals surface area (Å²) in [5, 5.41) is 0. The predicted octanol–water partition coefficient (Wildman–Crippen LogP) is 4.81. The lowest BCUT2D eigenvalue weighted by atomic mass is 10.0. The minimum Gasteiger partial charge on any atom is -0.286 e. The van der Waals surface area contributed by atoms with E-state index in [0.29, 0.717) is 25.7 Å². The summed E-state index contributed by atoms with van der Waals surface area (Å²) in [7, 11) is 3.02. The van der Waals surface area contributed by atoms with Crippen LogP contribution >= 0.6 is 0 Å². The number of carbonyl (C=O) groups is 4. The lowest BCUT2D eigenvalue weighted by Gasteiger charge is -2.05. The summed E-state index contributed by atoms with van der Waals surface area (Å²) in [6.07, 6.45) is 10.6. The van der Waals surface area contributed by atoms with Gasteiger partial charge in [0, 0.05) is 39.8 Å². The second-order valence-corrected chi connectivity index (χ2v) is 7.55. The van der Waals surface area contributed by atoms with Gasteiger partial charge in [-0.3, -0.25) is 29.0 Å². The number of amides is 4. The van der Waals surface area contributed by atoms with E-state index in [1.54, 1.807) is 0 Å². The first-order valence-corrected chi connectivity index (χ1v) is 9.75. The maximum absolute atomic E-state index is 10.5. The Morgan fingerprint density at radius 2 is 0.679 bits per heavy atom. The molecular weight excluding hydrogens is 356 g/mol. The quantitative estimate of drug-likeness (QED) is 0.547. The highest BCUT2D eigenvalue weighted by Crippen LogP contribution is 2.15. The average Bonchev–Trinajstić information content (AvgIpc) is 3.07. The Bertz CT molecular complexity index is 391. The van der Waals surface area contributed by atoms with Crippen LogP contribution in [0.2, 0.25) is 0 Å². The summed E-state index contributed by atoms with van der Waals surface area (Å²) in [6, 6.07) is 0. The molecule has 0 aromatic heterocycles. The van der Waals surface area contributed by atoms with Crippen molar-refractivity contribution in [2.75, 3.05) is 14.1 Å². The first kappa shape index (κ1) is 31.0. The second kappa shape index (κ2) is 17.4. The zero-order chi connectivity index (χ0) is 20.1. The lowest BCUT2D eigenvalue weighted by molar-refractivity contribution is -0.138. The van der Waals surface area contributed by atoms with E-state index >= 15 is 0 Å². The van der Waals surface area contributed by atoms with Crippen LogP contribution in [0.5, 0.6) is 0 Å². The zero-order valence-corrected chi connectivity index (χ0v) is 17.2. The van der Waals surface area contributed by atoms with Crippen LogP contribution < -0.4 is 0 Å². The highest BCUT2D eigenvalue weighted by molar-refractivity contribution is 6.02. The molecule has 2 heterocycles. The van der Waals surface area contributed by atoms with Crippen LogP contribution in [-0.4, -0.2) is 47.5 Å². The molecule has 3 aliphatic rings. The molecule has 3 rings (SSSR count). The van der Waals surface area contributed by atoms with E-state index in [2.05, 4.69) is 20.8 Å². The molecule has 2 aliphatic heterocycles. The maximum Gasteiger partial charge on any atom is 0.229 e. The molecule has 4 amide bonds.